The van der Waals surface area contributed by atoms with Crippen LogP contribution in [0.15, 0.2) is 42.5 Å². The van der Waals surface area contributed by atoms with E-state index in [1.807, 2.05) is 41.3 Å². The molecule has 2 aromatic carbocycles. The minimum absolute atomic E-state index is 0.0346. The van der Waals surface area contributed by atoms with E-state index in [9.17, 15) is 4.79 Å². The third-order valence-corrected chi connectivity index (χ3v) is 6.35. The number of fused-ring (bicyclic) bond motifs is 1. The van der Waals surface area contributed by atoms with Gasteiger partial charge in [0.05, 0.1) is 26.9 Å². The van der Waals surface area contributed by atoms with Crippen LogP contribution in [0, 0.1) is 5.92 Å². The van der Waals surface area contributed by atoms with Gasteiger partial charge in [0.1, 0.15) is 11.9 Å². The predicted molar refractivity (Wildman–Crippen MR) is 135 cm³/mol. The molecule has 1 saturated heterocycles. The summed E-state index contributed by atoms with van der Waals surface area (Å²) in [5.41, 5.74) is 2.15. The van der Waals surface area contributed by atoms with E-state index < -0.39 is 6.10 Å². The van der Waals surface area contributed by atoms with Gasteiger partial charge in [-0.05, 0) is 42.5 Å². The maximum Gasteiger partial charge on any atom is 0.253 e. The first-order valence-electron chi connectivity index (χ1n) is 12.7. The van der Waals surface area contributed by atoms with Gasteiger partial charge in [-0.15, -0.1) is 0 Å². The van der Waals surface area contributed by atoms with Crippen molar-refractivity contribution in [3.63, 3.8) is 0 Å². The molecule has 7 heteroatoms. The van der Waals surface area contributed by atoms with E-state index >= 15 is 0 Å². The number of benzene rings is 2. The second-order valence-electron chi connectivity index (χ2n) is 9.70. The predicted octanol–water partition coefficient (Wildman–Crippen LogP) is 4.13. The fraction of sp³-hybridized carbons (Fsp3) is 0.536. The Morgan fingerprint density at radius 2 is 1.86 bits per heavy atom. The highest BCUT2D eigenvalue weighted by molar-refractivity contribution is 5.81. The van der Waals surface area contributed by atoms with Gasteiger partial charge in [0.25, 0.3) is 5.91 Å². The fourth-order valence-corrected chi connectivity index (χ4v) is 4.62. The molecule has 7 nitrogen and oxygen atoms in total. The maximum atomic E-state index is 13.6. The van der Waals surface area contributed by atoms with Gasteiger partial charge in [0, 0.05) is 38.3 Å². The van der Waals surface area contributed by atoms with Crippen LogP contribution in [0.2, 0.25) is 0 Å². The lowest BCUT2D eigenvalue weighted by atomic mass is 10.1. The minimum Gasteiger partial charge on any atom is -0.496 e. The van der Waals surface area contributed by atoms with E-state index in [1.54, 1.807) is 7.11 Å². The quantitative estimate of drug-likeness (QED) is 0.564. The Kier molecular flexibility index (Phi) is 8.88. The zero-order valence-corrected chi connectivity index (χ0v) is 21.2. The molecule has 1 unspecified atom stereocenters. The molecule has 0 aliphatic carbocycles. The summed E-state index contributed by atoms with van der Waals surface area (Å²) in [5.74, 6) is 2.78. The van der Waals surface area contributed by atoms with Gasteiger partial charge < -0.3 is 23.8 Å². The van der Waals surface area contributed by atoms with Crippen LogP contribution in [0.3, 0.4) is 0 Å². The van der Waals surface area contributed by atoms with Crippen LogP contribution in [0.4, 0.5) is 0 Å². The van der Waals surface area contributed by atoms with Crippen molar-refractivity contribution in [1.82, 2.24) is 9.80 Å². The van der Waals surface area contributed by atoms with Crippen molar-refractivity contribution in [3.8, 4) is 17.2 Å². The normalized spacial score (nSPS) is 18.6. The number of morpholine rings is 1. The van der Waals surface area contributed by atoms with Crippen molar-refractivity contribution in [2.75, 3.05) is 46.6 Å². The number of ether oxygens (including phenoxy) is 4. The van der Waals surface area contributed by atoms with E-state index in [-0.39, 0.29) is 5.91 Å². The van der Waals surface area contributed by atoms with Crippen molar-refractivity contribution in [1.29, 1.82) is 0 Å². The Balaban J connectivity index is 1.45. The van der Waals surface area contributed by atoms with Crippen LogP contribution < -0.4 is 14.2 Å². The van der Waals surface area contributed by atoms with Crippen LogP contribution in [-0.4, -0.2) is 68.4 Å². The topological polar surface area (TPSA) is 60.5 Å². The van der Waals surface area contributed by atoms with Gasteiger partial charge in [-0.25, -0.2) is 0 Å². The van der Waals surface area contributed by atoms with Crippen LogP contribution in [0.5, 0.6) is 17.2 Å². The number of carbonyl (C=O) groups is 1. The molecule has 2 aliphatic heterocycles. The first kappa shape index (κ1) is 25.3. The van der Waals surface area contributed by atoms with Gasteiger partial charge in [-0.1, -0.05) is 38.1 Å². The molecule has 0 N–H and O–H groups in total. The largest absolute Gasteiger partial charge is 0.496 e. The third-order valence-electron chi connectivity index (χ3n) is 6.35. The summed E-state index contributed by atoms with van der Waals surface area (Å²) in [7, 11) is 1.69. The number of para-hydroxylation sites is 1. The molecule has 1 amide bonds. The first-order valence-corrected chi connectivity index (χ1v) is 12.7. The molecule has 2 heterocycles. The van der Waals surface area contributed by atoms with Crippen LogP contribution in [0.25, 0.3) is 0 Å². The van der Waals surface area contributed by atoms with E-state index in [4.69, 9.17) is 18.9 Å². The van der Waals surface area contributed by atoms with Crippen molar-refractivity contribution in [2.24, 2.45) is 5.92 Å². The number of hydrogen-bond acceptors (Lipinski definition) is 6. The molecule has 4 rings (SSSR count). The Labute approximate surface area is 208 Å². The molecular weight excluding hydrogens is 444 g/mol. The highest BCUT2D eigenvalue weighted by Gasteiger charge is 2.31. The Bertz CT molecular complexity index is 980. The highest BCUT2D eigenvalue weighted by Crippen LogP contribution is 2.31. The van der Waals surface area contributed by atoms with Crippen molar-refractivity contribution < 1.29 is 23.7 Å². The lowest BCUT2D eigenvalue weighted by Gasteiger charge is -2.36. The second kappa shape index (κ2) is 12.3. The van der Waals surface area contributed by atoms with Crippen molar-refractivity contribution in [3.05, 3.63) is 53.6 Å². The monoisotopic (exact) mass is 482 g/mol. The summed E-state index contributed by atoms with van der Waals surface area (Å²) in [6, 6.07) is 14.0. The summed E-state index contributed by atoms with van der Waals surface area (Å²) in [5, 5.41) is 0. The van der Waals surface area contributed by atoms with E-state index in [0.29, 0.717) is 45.4 Å². The Hall–Kier alpha value is -2.77. The Morgan fingerprint density at radius 3 is 2.63 bits per heavy atom. The summed E-state index contributed by atoms with van der Waals surface area (Å²) < 4.78 is 23.2. The summed E-state index contributed by atoms with van der Waals surface area (Å²) in [6.07, 6.45) is 1.49. The standard InChI is InChI=1S/C28H38N2O5/c1-21(2)17-30(18-22-10-11-25-26(16-22)34-14-7-6-13-33-25)28(31)27-20-29(12-15-35-27)19-23-8-4-5-9-24(23)32-3/h4-5,8-11,16,21,27H,6-7,12-15,17-20H2,1-3H3. The molecule has 0 radical (unpaired) electrons. The van der Waals surface area contributed by atoms with E-state index in [0.717, 1.165) is 54.3 Å². The van der Waals surface area contributed by atoms with Gasteiger partial charge >= 0.3 is 0 Å². The average Bonchev–Trinajstić information content (AvgIpc) is 2.84. The summed E-state index contributed by atoms with van der Waals surface area (Å²) >= 11 is 0. The maximum absolute atomic E-state index is 13.6. The molecule has 0 saturated carbocycles. The molecule has 1 atom stereocenters. The average molecular weight is 483 g/mol. The van der Waals surface area contributed by atoms with Gasteiger partial charge in [0.2, 0.25) is 0 Å². The SMILES string of the molecule is COc1ccccc1CN1CCOC(C(=O)N(Cc2ccc3c(c2)OCCCCO3)CC(C)C)C1. The minimum atomic E-state index is -0.485. The Morgan fingerprint density at radius 1 is 1.09 bits per heavy atom. The number of rotatable bonds is 8. The van der Waals surface area contributed by atoms with Crippen molar-refractivity contribution >= 4 is 5.91 Å². The smallest absolute Gasteiger partial charge is 0.253 e. The van der Waals surface area contributed by atoms with Crippen LogP contribution in [-0.2, 0) is 22.6 Å². The number of amides is 1. The van der Waals surface area contributed by atoms with E-state index in [2.05, 4.69) is 24.8 Å². The molecule has 1 fully saturated rings. The van der Waals surface area contributed by atoms with Gasteiger partial charge in [-0.3, -0.25) is 9.69 Å². The lowest BCUT2D eigenvalue weighted by Crippen LogP contribution is -2.51. The number of methoxy groups -OCH3 is 1. The molecule has 2 aromatic rings. The molecule has 0 bridgehead atoms. The molecule has 190 valence electrons. The molecule has 0 spiro atoms. The van der Waals surface area contributed by atoms with Gasteiger partial charge in [0.15, 0.2) is 11.5 Å². The fourth-order valence-electron chi connectivity index (χ4n) is 4.62. The lowest BCUT2D eigenvalue weighted by molar-refractivity contribution is -0.151. The number of hydrogen-bond donors (Lipinski definition) is 0. The zero-order valence-electron chi connectivity index (χ0n) is 21.2. The third kappa shape index (κ3) is 6.89. The van der Waals surface area contributed by atoms with E-state index in [1.165, 1.54) is 0 Å². The number of carbonyl (C=O) groups excluding carboxylic acids is 1. The number of nitrogens with zero attached hydrogens (tertiary/aromatic N) is 2. The molecule has 2 aliphatic rings. The molecule has 0 aromatic heterocycles. The van der Waals surface area contributed by atoms with Crippen molar-refractivity contribution in [2.45, 2.75) is 45.9 Å². The first-order chi connectivity index (χ1) is 17.0. The van der Waals surface area contributed by atoms with Gasteiger partial charge in [-0.2, -0.15) is 0 Å². The zero-order chi connectivity index (χ0) is 24.6. The van der Waals surface area contributed by atoms with Crippen LogP contribution >= 0.6 is 0 Å². The summed E-state index contributed by atoms with van der Waals surface area (Å²) in [6.45, 7) is 9.44. The summed E-state index contributed by atoms with van der Waals surface area (Å²) in [4.78, 5) is 17.8. The van der Waals surface area contributed by atoms with Crippen LogP contribution in [0.1, 0.15) is 37.8 Å². The molecule has 35 heavy (non-hydrogen) atoms. The highest BCUT2D eigenvalue weighted by atomic mass is 16.5. The second-order valence-corrected chi connectivity index (χ2v) is 9.70. The molecular formula is C28H38N2O5.